The molecule has 6 nitrogen and oxygen atoms in total. The molecule has 0 N–H and O–H groups in total. The summed E-state index contributed by atoms with van der Waals surface area (Å²) in [6.45, 7) is 6.07. The maximum absolute atomic E-state index is 11.8. The van der Waals surface area contributed by atoms with Crippen LogP contribution in [-0.4, -0.2) is 33.9 Å². The molecule has 0 unspecified atom stereocenters. The van der Waals surface area contributed by atoms with Crippen LogP contribution >= 0.6 is 0 Å². The van der Waals surface area contributed by atoms with Crippen molar-refractivity contribution in [3.05, 3.63) is 66.0 Å². The second kappa shape index (κ2) is 8.95. The molecule has 0 atom stereocenters. The lowest BCUT2D eigenvalue weighted by Gasteiger charge is -2.15. The average Bonchev–Trinajstić information content (AvgIpc) is 3.39. The summed E-state index contributed by atoms with van der Waals surface area (Å²) in [5.74, 6) is 2.17. The van der Waals surface area contributed by atoms with Crippen LogP contribution < -0.4 is 4.74 Å². The summed E-state index contributed by atoms with van der Waals surface area (Å²) in [7, 11) is 0. The SMILES string of the molecule is CC(C)=CCOc1ccc(-c2cnc(-c3ccc(CN4CCCC4=O)cn3)o2)cc1. The molecule has 3 aromatic rings. The molecule has 0 bridgehead atoms. The van der Waals surface area contributed by atoms with Gasteiger partial charge in [-0.3, -0.25) is 9.78 Å². The largest absolute Gasteiger partial charge is 0.490 e. The van der Waals surface area contributed by atoms with Gasteiger partial charge in [0.1, 0.15) is 18.1 Å². The van der Waals surface area contributed by atoms with E-state index < -0.39 is 0 Å². The molecule has 1 aliphatic heterocycles. The lowest BCUT2D eigenvalue weighted by Crippen LogP contribution is -2.23. The van der Waals surface area contributed by atoms with E-state index in [1.54, 1.807) is 12.4 Å². The van der Waals surface area contributed by atoms with Crippen LogP contribution in [0.2, 0.25) is 0 Å². The van der Waals surface area contributed by atoms with E-state index in [9.17, 15) is 4.79 Å². The van der Waals surface area contributed by atoms with Crippen molar-refractivity contribution in [2.24, 2.45) is 0 Å². The maximum Gasteiger partial charge on any atom is 0.245 e. The monoisotopic (exact) mass is 403 g/mol. The number of aromatic nitrogens is 2. The molecule has 1 aliphatic rings. The van der Waals surface area contributed by atoms with Crippen LogP contribution in [0, 0.1) is 0 Å². The number of benzene rings is 1. The molecule has 30 heavy (non-hydrogen) atoms. The van der Waals surface area contributed by atoms with Gasteiger partial charge in [0, 0.05) is 31.3 Å². The van der Waals surface area contributed by atoms with E-state index in [0.29, 0.717) is 36.9 Å². The maximum atomic E-state index is 11.8. The first kappa shape index (κ1) is 19.9. The second-order valence-corrected chi connectivity index (χ2v) is 7.62. The molecule has 6 heteroatoms. The highest BCUT2D eigenvalue weighted by molar-refractivity contribution is 5.78. The number of nitrogens with zero attached hydrogens (tertiary/aromatic N) is 3. The third kappa shape index (κ3) is 4.76. The number of ether oxygens (including phenoxy) is 1. The van der Waals surface area contributed by atoms with Crippen LogP contribution in [0.1, 0.15) is 32.3 Å². The molecule has 3 heterocycles. The van der Waals surface area contributed by atoms with Crippen molar-refractivity contribution in [3.8, 4) is 28.7 Å². The van der Waals surface area contributed by atoms with Gasteiger partial charge in [-0.15, -0.1) is 0 Å². The third-order valence-corrected chi connectivity index (χ3v) is 4.97. The van der Waals surface area contributed by atoms with Gasteiger partial charge in [0.25, 0.3) is 0 Å². The molecule has 154 valence electrons. The molecule has 1 amide bonds. The van der Waals surface area contributed by atoms with Crippen LogP contribution in [0.4, 0.5) is 0 Å². The van der Waals surface area contributed by atoms with Crippen molar-refractivity contribution in [3.63, 3.8) is 0 Å². The molecular formula is C24H25N3O3. The molecule has 1 saturated heterocycles. The van der Waals surface area contributed by atoms with E-state index in [1.165, 1.54) is 5.57 Å². The Balaban J connectivity index is 1.41. The number of likely N-dealkylation sites (tertiary alicyclic amines) is 1. The van der Waals surface area contributed by atoms with Crippen molar-refractivity contribution in [1.82, 2.24) is 14.9 Å². The number of hydrogen-bond acceptors (Lipinski definition) is 5. The molecule has 0 saturated carbocycles. The standard InChI is InChI=1S/C24H25N3O3/c1-17(2)11-13-29-20-8-6-19(7-9-20)22-15-26-24(30-22)21-10-5-18(14-25-21)16-27-12-3-4-23(27)28/h5-11,14-15H,3-4,12-13,16H2,1-2H3. The van der Waals surface area contributed by atoms with Gasteiger partial charge < -0.3 is 14.1 Å². The Hall–Kier alpha value is -3.41. The molecular weight excluding hydrogens is 378 g/mol. The Morgan fingerprint density at radius 3 is 2.63 bits per heavy atom. The normalized spacial score (nSPS) is 13.5. The Kier molecular flexibility index (Phi) is 5.93. The minimum atomic E-state index is 0.213. The fourth-order valence-corrected chi connectivity index (χ4v) is 3.28. The fraction of sp³-hybridized carbons (Fsp3) is 0.292. The summed E-state index contributed by atoms with van der Waals surface area (Å²) < 4.78 is 11.6. The van der Waals surface area contributed by atoms with Gasteiger partial charge in [-0.25, -0.2) is 4.98 Å². The third-order valence-electron chi connectivity index (χ3n) is 4.97. The molecule has 1 aromatic carbocycles. The highest BCUT2D eigenvalue weighted by Gasteiger charge is 2.20. The first-order valence-electron chi connectivity index (χ1n) is 10.1. The van der Waals surface area contributed by atoms with E-state index >= 15 is 0 Å². The van der Waals surface area contributed by atoms with E-state index in [4.69, 9.17) is 9.15 Å². The molecule has 0 aliphatic carbocycles. The van der Waals surface area contributed by atoms with Gasteiger partial charge >= 0.3 is 0 Å². The average molecular weight is 403 g/mol. The van der Waals surface area contributed by atoms with Gasteiger partial charge in [0.15, 0.2) is 5.76 Å². The number of hydrogen-bond donors (Lipinski definition) is 0. The van der Waals surface area contributed by atoms with Gasteiger partial charge in [-0.05, 0) is 62.2 Å². The number of amides is 1. The topological polar surface area (TPSA) is 68.5 Å². The quantitative estimate of drug-likeness (QED) is 0.527. The first-order valence-corrected chi connectivity index (χ1v) is 10.1. The van der Waals surface area contributed by atoms with Crippen molar-refractivity contribution in [2.75, 3.05) is 13.2 Å². The van der Waals surface area contributed by atoms with Gasteiger partial charge in [0.05, 0.1) is 6.20 Å². The van der Waals surface area contributed by atoms with Crippen LogP contribution in [-0.2, 0) is 11.3 Å². The number of pyridine rings is 1. The molecule has 4 rings (SSSR count). The van der Waals surface area contributed by atoms with Crippen LogP contribution in [0.5, 0.6) is 5.75 Å². The number of rotatable bonds is 7. The number of carbonyl (C=O) groups is 1. The zero-order valence-corrected chi connectivity index (χ0v) is 17.3. The van der Waals surface area contributed by atoms with Gasteiger partial charge in [-0.2, -0.15) is 0 Å². The van der Waals surface area contributed by atoms with Gasteiger partial charge in [0.2, 0.25) is 11.8 Å². The summed E-state index contributed by atoms with van der Waals surface area (Å²) in [6, 6.07) is 11.6. The highest BCUT2D eigenvalue weighted by atomic mass is 16.5. The Morgan fingerprint density at radius 1 is 1.13 bits per heavy atom. The lowest BCUT2D eigenvalue weighted by atomic mass is 10.2. The van der Waals surface area contributed by atoms with Crippen LogP contribution in [0.25, 0.3) is 22.9 Å². The summed E-state index contributed by atoms with van der Waals surface area (Å²) in [6.07, 6.45) is 7.10. The minimum absolute atomic E-state index is 0.213. The lowest BCUT2D eigenvalue weighted by molar-refractivity contribution is -0.128. The predicted octanol–water partition coefficient (Wildman–Crippen LogP) is 4.87. The van der Waals surface area contributed by atoms with E-state index in [-0.39, 0.29) is 5.91 Å². The van der Waals surface area contributed by atoms with Crippen molar-refractivity contribution in [2.45, 2.75) is 33.2 Å². The number of allylic oxidation sites excluding steroid dienone is 1. The smallest absolute Gasteiger partial charge is 0.245 e. The number of oxazole rings is 1. The zero-order valence-electron chi connectivity index (χ0n) is 17.3. The highest BCUT2D eigenvalue weighted by Crippen LogP contribution is 2.27. The van der Waals surface area contributed by atoms with Crippen molar-refractivity contribution >= 4 is 5.91 Å². The zero-order chi connectivity index (χ0) is 20.9. The van der Waals surface area contributed by atoms with Crippen molar-refractivity contribution in [1.29, 1.82) is 0 Å². The summed E-state index contributed by atoms with van der Waals surface area (Å²) >= 11 is 0. The van der Waals surface area contributed by atoms with Crippen LogP contribution in [0.15, 0.2) is 64.9 Å². The second-order valence-electron chi connectivity index (χ2n) is 7.62. The Morgan fingerprint density at radius 2 is 1.97 bits per heavy atom. The first-order chi connectivity index (χ1) is 14.6. The van der Waals surface area contributed by atoms with Crippen molar-refractivity contribution < 1.29 is 13.9 Å². The van der Waals surface area contributed by atoms with Crippen LogP contribution in [0.3, 0.4) is 0 Å². The molecule has 0 spiro atoms. The summed E-state index contributed by atoms with van der Waals surface area (Å²) in [5.41, 5.74) is 3.82. The fourth-order valence-electron chi connectivity index (χ4n) is 3.28. The number of carbonyl (C=O) groups excluding carboxylic acids is 1. The Labute approximate surface area is 176 Å². The summed E-state index contributed by atoms with van der Waals surface area (Å²) in [4.78, 5) is 22.5. The predicted molar refractivity (Wildman–Crippen MR) is 115 cm³/mol. The van der Waals surface area contributed by atoms with E-state index in [0.717, 1.165) is 29.8 Å². The Bertz CT molecular complexity index is 1030. The van der Waals surface area contributed by atoms with E-state index in [2.05, 4.69) is 9.97 Å². The molecule has 2 aromatic heterocycles. The minimum Gasteiger partial charge on any atom is -0.490 e. The molecule has 1 fully saturated rings. The summed E-state index contributed by atoms with van der Waals surface area (Å²) in [5, 5.41) is 0. The van der Waals surface area contributed by atoms with E-state index in [1.807, 2.05) is 61.2 Å². The van der Waals surface area contributed by atoms with Gasteiger partial charge in [-0.1, -0.05) is 11.6 Å². The molecule has 0 radical (unpaired) electrons.